The van der Waals surface area contributed by atoms with Gasteiger partial charge in [0.25, 0.3) is 0 Å². The molecule has 4 aromatic rings. The van der Waals surface area contributed by atoms with Gasteiger partial charge in [0.15, 0.2) is 28.4 Å². The highest BCUT2D eigenvalue weighted by Crippen LogP contribution is 2.31. The second-order valence-corrected chi connectivity index (χ2v) is 8.49. The van der Waals surface area contributed by atoms with Crippen LogP contribution in [-0.4, -0.2) is 30.9 Å². The van der Waals surface area contributed by atoms with Crippen molar-refractivity contribution in [3.8, 4) is 17.1 Å². The van der Waals surface area contributed by atoms with Crippen molar-refractivity contribution in [2.75, 3.05) is 5.32 Å². The molecule has 2 aromatic heterocycles. The zero-order valence-corrected chi connectivity index (χ0v) is 18.4. The summed E-state index contributed by atoms with van der Waals surface area (Å²) in [5.74, 6) is -4.47. The number of benzene rings is 2. The summed E-state index contributed by atoms with van der Waals surface area (Å²) < 4.78 is 42.4. The van der Waals surface area contributed by atoms with Gasteiger partial charge in [0.2, 0.25) is 5.91 Å². The van der Waals surface area contributed by atoms with Gasteiger partial charge in [-0.3, -0.25) is 14.3 Å². The number of carbonyl (C=O) groups excluding carboxylic acids is 1. The second-order valence-electron chi connectivity index (χ2n) is 7.19. The Bertz CT molecular complexity index is 1300. The Hall–Kier alpha value is -3.66. The van der Waals surface area contributed by atoms with Crippen LogP contribution >= 0.6 is 11.8 Å². The number of aromatic nitrogens is 4. The van der Waals surface area contributed by atoms with Crippen LogP contribution in [0.3, 0.4) is 0 Å². The van der Waals surface area contributed by atoms with Gasteiger partial charge in [0.1, 0.15) is 0 Å². The molecule has 0 spiro atoms. The molecule has 0 radical (unpaired) electrons. The first-order valence-electron chi connectivity index (χ1n) is 9.89. The summed E-state index contributed by atoms with van der Waals surface area (Å²) in [5.41, 5.74) is 2.21. The molecule has 168 valence electrons. The van der Waals surface area contributed by atoms with Crippen LogP contribution < -0.4 is 5.32 Å². The largest absolute Gasteiger partial charge is 0.323 e. The monoisotopic (exact) mass is 469 g/mol. The highest BCUT2D eigenvalue weighted by molar-refractivity contribution is 8.00. The predicted molar refractivity (Wildman–Crippen MR) is 120 cm³/mol. The minimum absolute atomic E-state index is 0.430. The summed E-state index contributed by atoms with van der Waals surface area (Å²) in [4.78, 5) is 16.7. The van der Waals surface area contributed by atoms with E-state index in [-0.39, 0.29) is 0 Å². The lowest BCUT2D eigenvalue weighted by Gasteiger charge is -2.14. The highest BCUT2D eigenvalue weighted by atomic mass is 32.2. The molecule has 2 heterocycles. The van der Waals surface area contributed by atoms with Crippen molar-refractivity contribution >= 4 is 23.4 Å². The molecular weight excluding hydrogens is 451 g/mol. The third-order valence-electron chi connectivity index (χ3n) is 4.81. The van der Waals surface area contributed by atoms with Gasteiger partial charge >= 0.3 is 0 Å². The molecule has 1 unspecified atom stereocenters. The molecule has 33 heavy (non-hydrogen) atoms. The number of hydrogen-bond acceptors (Lipinski definition) is 5. The SMILES string of the molecule is Cc1ccc(-n2c(SC(C)C(=O)Nc3ccc(F)c(F)c3F)nnc2-c2ccncc2)cc1. The number of aryl methyl sites for hydroxylation is 1. The lowest BCUT2D eigenvalue weighted by atomic mass is 10.2. The van der Waals surface area contributed by atoms with Crippen molar-refractivity contribution in [3.63, 3.8) is 0 Å². The van der Waals surface area contributed by atoms with Gasteiger partial charge in [0.05, 0.1) is 10.9 Å². The molecule has 1 N–H and O–H groups in total. The van der Waals surface area contributed by atoms with E-state index in [9.17, 15) is 18.0 Å². The van der Waals surface area contributed by atoms with Crippen LogP contribution in [0.1, 0.15) is 12.5 Å². The van der Waals surface area contributed by atoms with Crippen molar-refractivity contribution in [1.29, 1.82) is 0 Å². The number of rotatable bonds is 6. The molecule has 0 fully saturated rings. The maximum absolute atomic E-state index is 14.0. The van der Waals surface area contributed by atoms with E-state index < -0.39 is 34.3 Å². The van der Waals surface area contributed by atoms with Crippen LogP contribution in [0.15, 0.2) is 66.1 Å². The summed E-state index contributed by atoms with van der Waals surface area (Å²) in [5, 5.41) is 10.5. The number of nitrogens with one attached hydrogen (secondary N) is 1. The minimum atomic E-state index is -1.64. The summed E-state index contributed by atoms with van der Waals surface area (Å²) >= 11 is 1.10. The van der Waals surface area contributed by atoms with Gasteiger partial charge in [-0.15, -0.1) is 10.2 Å². The Morgan fingerprint density at radius 1 is 0.970 bits per heavy atom. The topological polar surface area (TPSA) is 72.7 Å². The smallest absolute Gasteiger partial charge is 0.237 e. The fourth-order valence-corrected chi connectivity index (χ4v) is 3.90. The van der Waals surface area contributed by atoms with Crippen molar-refractivity contribution in [2.24, 2.45) is 0 Å². The minimum Gasteiger partial charge on any atom is -0.323 e. The number of carbonyl (C=O) groups is 1. The average molecular weight is 469 g/mol. The third kappa shape index (κ3) is 4.75. The van der Waals surface area contributed by atoms with E-state index in [4.69, 9.17) is 0 Å². The molecule has 1 atom stereocenters. The van der Waals surface area contributed by atoms with Crippen LogP contribution in [0.25, 0.3) is 17.1 Å². The number of pyridine rings is 1. The molecule has 1 amide bonds. The molecule has 6 nitrogen and oxygen atoms in total. The number of thioether (sulfide) groups is 1. The number of amides is 1. The molecule has 0 bridgehead atoms. The molecule has 2 aromatic carbocycles. The third-order valence-corrected chi connectivity index (χ3v) is 5.85. The summed E-state index contributed by atoms with van der Waals surface area (Å²) in [7, 11) is 0. The molecular formula is C23H18F3N5OS. The zero-order chi connectivity index (χ0) is 23.5. The molecule has 0 saturated heterocycles. The number of halogens is 3. The zero-order valence-electron chi connectivity index (χ0n) is 17.6. The van der Waals surface area contributed by atoms with Crippen LogP contribution in [0.5, 0.6) is 0 Å². The average Bonchev–Trinajstić information content (AvgIpc) is 3.24. The van der Waals surface area contributed by atoms with Crippen LogP contribution in [0.2, 0.25) is 0 Å². The first-order valence-corrected chi connectivity index (χ1v) is 10.8. The number of anilines is 1. The van der Waals surface area contributed by atoms with Crippen molar-refractivity contribution in [3.05, 3.63) is 83.9 Å². The van der Waals surface area contributed by atoms with E-state index in [1.807, 2.05) is 31.2 Å². The van der Waals surface area contributed by atoms with Crippen LogP contribution in [-0.2, 0) is 4.79 Å². The van der Waals surface area contributed by atoms with E-state index in [0.29, 0.717) is 11.0 Å². The molecule has 0 aliphatic carbocycles. The van der Waals surface area contributed by atoms with Gasteiger partial charge < -0.3 is 5.32 Å². The highest BCUT2D eigenvalue weighted by Gasteiger charge is 2.23. The molecule has 0 aliphatic rings. The molecule has 0 saturated carbocycles. The maximum Gasteiger partial charge on any atom is 0.237 e. The summed E-state index contributed by atoms with van der Waals surface area (Å²) in [6.07, 6.45) is 3.28. The van der Waals surface area contributed by atoms with Gasteiger partial charge in [-0.25, -0.2) is 13.2 Å². The Morgan fingerprint density at radius 3 is 2.36 bits per heavy atom. The summed E-state index contributed by atoms with van der Waals surface area (Å²) in [6.45, 7) is 3.57. The maximum atomic E-state index is 14.0. The van der Waals surface area contributed by atoms with E-state index >= 15 is 0 Å². The molecule has 10 heteroatoms. The summed E-state index contributed by atoms with van der Waals surface area (Å²) in [6, 6.07) is 13.0. The van der Waals surface area contributed by atoms with Crippen molar-refractivity contribution in [2.45, 2.75) is 24.3 Å². The standard InChI is InChI=1S/C23H18F3N5OS/c1-13-3-5-16(6-4-13)31-21(15-9-11-27-12-10-15)29-30-23(31)33-14(2)22(32)28-18-8-7-17(24)19(25)20(18)26/h3-12,14H,1-2H3,(H,28,32). The Balaban J connectivity index is 1.64. The van der Waals surface area contributed by atoms with Gasteiger partial charge in [-0.1, -0.05) is 29.5 Å². The van der Waals surface area contributed by atoms with Crippen LogP contribution in [0, 0.1) is 24.4 Å². The van der Waals surface area contributed by atoms with E-state index in [1.54, 1.807) is 36.0 Å². The molecule has 0 aliphatic heterocycles. The quantitative estimate of drug-likeness (QED) is 0.311. The Labute approximate surface area is 191 Å². The van der Waals surface area contributed by atoms with Crippen molar-refractivity contribution in [1.82, 2.24) is 19.7 Å². The number of hydrogen-bond donors (Lipinski definition) is 1. The Morgan fingerprint density at radius 2 is 1.67 bits per heavy atom. The predicted octanol–water partition coefficient (Wildman–Crippen LogP) is 5.17. The van der Waals surface area contributed by atoms with E-state index in [1.165, 1.54) is 0 Å². The van der Waals surface area contributed by atoms with E-state index in [0.717, 1.165) is 40.7 Å². The van der Waals surface area contributed by atoms with Gasteiger partial charge in [-0.05, 0) is 50.2 Å². The van der Waals surface area contributed by atoms with E-state index in [2.05, 4.69) is 20.5 Å². The van der Waals surface area contributed by atoms with Crippen LogP contribution in [0.4, 0.5) is 18.9 Å². The second kappa shape index (κ2) is 9.45. The fraction of sp³-hybridized carbons (Fsp3) is 0.130. The number of nitrogens with zero attached hydrogens (tertiary/aromatic N) is 4. The van der Waals surface area contributed by atoms with Gasteiger partial charge in [0, 0.05) is 23.6 Å². The van der Waals surface area contributed by atoms with Crippen molar-refractivity contribution < 1.29 is 18.0 Å². The lowest BCUT2D eigenvalue weighted by molar-refractivity contribution is -0.115. The first-order chi connectivity index (χ1) is 15.8. The lowest BCUT2D eigenvalue weighted by Crippen LogP contribution is -2.23. The fourth-order valence-electron chi connectivity index (χ4n) is 3.03. The normalized spacial score (nSPS) is 11.9. The van der Waals surface area contributed by atoms with Gasteiger partial charge in [-0.2, -0.15) is 0 Å². The Kier molecular flexibility index (Phi) is 6.45. The molecule has 4 rings (SSSR count). The first kappa shape index (κ1) is 22.5.